The third kappa shape index (κ3) is 6.49. The quantitative estimate of drug-likeness (QED) is 0.591. The molecule has 2 heteroatoms. The first-order valence-corrected chi connectivity index (χ1v) is 7.27. The van der Waals surface area contributed by atoms with Gasteiger partial charge >= 0.3 is 0 Å². The van der Waals surface area contributed by atoms with E-state index in [1.807, 2.05) is 0 Å². The lowest BCUT2D eigenvalue weighted by Crippen LogP contribution is -2.27. The predicted molar refractivity (Wildman–Crippen MR) is 71.8 cm³/mol. The lowest BCUT2D eigenvalue weighted by atomic mass is 10.0. The minimum Gasteiger partial charge on any atom is -0.316 e. The summed E-state index contributed by atoms with van der Waals surface area (Å²) in [6.45, 7) is 8.31. The Kier molecular flexibility index (Phi) is 7.87. The van der Waals surface area contributed by atoms with Crippen LogP contribution in [0.5, 0.6) is 0 Å². The minimum absolute atomic E-state index is 0.716. The van der Waals surface area contributed by atoms with Crippen LogP contribution in [0.2, 0.25) is 0 Å². The summed E-state index contributed by atoms with van der Waals surface area (Å²) in [6.07, 6.45) is 9.61. The van der Waals surface area contributed by atoms with Gasteiger partial charge in [0.05, 0.1) is 0 Å². The third-order valence-corrected chi connectivity index (χ3v) is 3.69. The summed E-state index contributed by atoms with van der Waals surface area (Å²) in [5, 5.41) is 7.08. The SMILES string of the molecule is CCCCCC(C)NCCCC1CCNC1. The normalized spacial score (nSPS) is 22.5. The molecule has 0 saturated carbocycles. The molecule has 0 amide bonds. The van der Waals surface area contributed by atoms with Gasteiger partial charge in [0.15, 0.2) is 0 Å². The average molecular weight is 226 g/mol. The van der Waals surface area contributed by atoms with E-state index in [2.05, 4.69) is 24.5 Å². The molecule has 0 aromatic rings. The van der Waals surface area contributed by atoms with E-state index in [0.29, 0.717) is 6.04 Å². The van der Waals surface area contributed by atoms with Gasteiger partial charge in [-0.25, -0.2) is 0 Å². The molecule has 1 aliphatic heterocycles. The van der Waals surface area contributed by atoms with E-state index < -0.39 is 0 Å². The van der Waals surface area contributed by atoms with Crippen molar-refractivity contribution in [2.24, 2.45) is 5.92 Å². The number of unbranched alkanes of at least 4 members (excludes halogenated alkanes) is 2. The van der Waals surface area contributed by atoms with Gasteiger partial charge in [0, 0.05) is 6.04 Å². The minimum atomic E-state index is 0.716. The van der Waals surface area contributed by atoms with Gasteiger partial charge in [-0.2, -0.15) is 0 Å². The standard InChI is InChI=1S/C14H30N2/c1-3-4-5-7-13(2)16-10-6-8-14-9-11-15-12-14/h13-16H,3-12H2,1-2H3. The van der Waals surface area contributed by atoms with Crippen molar-refractivity contribution in [3.8, 4) is 0 Å². The van der Waals surface area contributed by atoms with Crippen LogP contribution in [0.3, 0.4) is 0 Å². The second-order valence-corrected chi connectivity index (χ2v) is 5.35. The Balaban J connectivity index is 1.85. The molecule has 1 aliphatic rings. The summed E-state index contributed by atoms with van der Waals surface area (Å²) in [7, 11) is 0. The molecule has 0 aromatic heterocycles. The summed E-state index contributed by atoms with van der Waals surface area (Å²) in [6, 6.07) is 0.716. The highest BCUT2D eigenvalue weighted by Crippen LogP contribution is 2.13. The largest absolute Gasteiger partial charge is 0.316 e. The highest BCUT2D eigenvalue weighted by Gasteiger charge is 2.13. The molecule has 1 rings (SSSR count). The van der Waals surface area contributed by atoms with Gasteiger partial charge in [-0.1, -0.05) is 26.2 Å². The lowest BCUT2D eigenvalue weighted by Gasteiger charge is -2.14. The summed E-state index contributed by atoms with van der Waals surface area (Å²) in [4.78, 5) is 0. The number of hydrogen-bond acceptors (Lipinski definition) is 2. The number of nitrogens with one attached hydrogen (secondary N) is 2. The second kappa shape index (κ2) is 9.00. The van der Waals surface area contributed by atoms with E-state index in [1.165, 1.54) is 64.6 Å². The molecular formula is C14H30N2. The molecule has 0 bridgehead atoms. The molecule has 0 aromatic carbocycles. The Bertz CT molecular complexity index is 153. The molecule has 1 heterocycles. The Morgan fingerprint density at radius 2 is 2.19 bits per heavy atom. The van der Waals surface area contributed by atoms with Gasteiger partial charge in [0.1, 0.15) is 0 Å². The maximum Gasteiger partial charge on any atom is 0.00387 e. The van der Waals surface area contributed by atoms with Crippen molar-refractivity contribution < 1.29 is 0 Å². The van der Waals surface area contributed by atoms with Crippen molar-refractivity contribution in [1.29, 1.82) is 0 Å². The fourth-order valence-corrected chi connectivity index (χ4v) is 2.50. The maximum absolute atomic E-state index is 3.65. The molecule has 1 saturated heterocycles. The van der Waals surface area contributed by atoms with E-state index in [1.54, 1.807) is 0 Å². The predicted octanol–water partition coefficient (Wildman–Crippen LogP) is 2.93. The fraction of sp³-hybridized carbons (Fsp3) is 1.00. The van der Waals surface area contributed by atoms with E-state index in [0.717, 1.165) is 5.92 Å². The average Bonchev–Trinajstić information content (AvgIpc) is 2.78. The molecule has 96 valence electrons. The fourth-order valence-electron chi connectivity index (χ4n) is 2.50. The van der Waals surface area contributed by atoms with Crippen LogP contribution in [0.4, 0.5) is 0 Å². The molecule has 0 radical (unpaired) electrons. The van der Waals surface area contributed by atoms with Crippen molar-refractivity contribution >= 4 is 0 Å². The molecule has 2 atom stereocenters. The van der Waals surface area contributed by atoms with Crippen LogP contribution in [0, 0.1) is 5.92 Å². The van der Waals surface area contributed by atoms with Gasteiger partial charge in [-0.15, -0.1) is 0 Å². The molecule has 2 N–H and O–H groups in total. The molecule has 16 heavy (non-hydrogen) atoms. The van der Waals surface area contributed by atoms with E-state index in [4.69, 9.17) is 0 Å². The summed E-state index contributed by atoms with van der Waals surface area (Å²) in [5.41, 5.74) is 0. The van der Waals surface area contributed by atoms with Crippen molar-refractivity contribution in [2.45, 2.75) is 64.8 Å². The van der Waals surface area contributed by atoms with Crippen molar-refractivity contribution in [3.63, 3.8) is 0 Å². The molecule has 2 unspecified atom stereocenters. The van der Waals surface area contributed by atoms with Crippen molar-refractivity contribution in [1.82, 2.24) is 10.6 Å². The Labute approximate surface area is 102 Å². The van der Waals surface area contributed by atoms with E-state index in [9.17, 15) is 0 Å². The maximum atomic E-state index is 3.65. The van der Waals surface area contributed by atoms with Gasteiger partial charge in [-0.3, -0.25) is 0 Å². The van der Waals surface area contributed by atoms with E-state index >= 15 is 0 Å². The van der Waals surface area contributed by atoms with Gasteiger partial charge in [0.25, 0.3) is 0 Å². The zero-order chi connectivity index (χ0) is 11.6. The summed E-state index contributed by atoms with van der Waals surface area (Å²) < 4.78 is 0. The third-order valence-electron chi connectivity index (χ3n) is 3.69. The van der Waals surface area contributed by atoms with E-state index in [-0.39, 0.29) is 0 Å². The number of rotatable bonds is 9. The van der Waals surface area contributed by atoms with Crippen LogP contribution in [-0.4, -0.2) is 25.7 Å². The molecule has 0 aliphatic carbocycles. The molecule has 1 fully saturated rings. The Hall–Kier alpha value is -0.0800. The topological polar surface area (TPSA) is 24.1 Å². The first-order valence-electron chi connectivity index (χ1n) is 7.27. The Morgan fingerprint density at radius 3 is 2.88 bits per heavy atom. The second-order valence-electron chi connectivity index (χ2n) is 5.35. The lowest BCUT2D eigenvalue weighted by molar-refractivity contribution is 0.447. The van der Waals surface area contributed by atoms with Crippen LogP contribution in [0.1, 0.15) is 58.8 Å². The first kappa shape index (κ1) is 14.0. The van der Waals surface area contributed by atoms with Gasteiger partial charge in [0.2, 0.25) is 0 Å². The van der Waals surface area contributed by atoms with Crippen molar-refractivity contribution in [2.75, 3.05) is 19.6 Å². The highest BCUT2D eigenvalue weighted by atomic mass is 14.9. The van der Waals surface area contributed by atoms with Crippen LogP contribution in [0.25, 0.3) is 0 Å². The molecule has 0 spiro atoms. The van der Waals surface area contributed by atoms with Crippen LogP contribution in [0.15, 0.2) is 0 Å². The monoisotopic (exact) mass is 226 g/mol. The molecule has 2 nitrogen and oxygen atoms in total. The zero-order valence-electron chi connectivity index (χ0n) is 11.2. The highest BCUT2D eigenvalue weighted by molar-refractivity contribution is 4.71. The smallest absolute Gasteiger partial charge is 0.00387 e. The van der Waals surface area contributed by atoms with Gasteiger partial charge < -0.3 is 10.6 Å². The first-order chi connectivity index (χ1) is 7.83. The van der Waals surface area contributed by atoms with Crippen molar-refractivity contribution in [3.05, 3.63) is 0 Å². The summed E-state index contributed by atoms with van der Waals surface area (Å²) >= 11 is 0. The van der Waals surface area contributed by atoms with Crippen LogP contribution in [-0.2, 0) is 0 Å². The van der Waals surface area contributed by atoms with Gasteiger partial charge in [-0.05, 0) is 58.2 Å². The Morgan fingerprint density at radius 1 is 1.31 bits per heavy atom. The number of hydrogen-bond donors (Lipinski definition) is 2. The van der Waals surface area contributed by atoms with Crippen LogP contribution < -0.4 is 10.6 Å². The van der Waals surface area contributed by atoms with Crippen LogP contribution >= 0.6 is 0 Å². The summed E-state index contributed by atoms with van der Waals surface area (Å²) in [5.74, 6) is 0.956. The molecular weight excluding hydrogens is 196 g/mol. The zero-order valence-corrected chi connectivity index (χ0v) is 11.2.